The van der Waals surface area contributed by atoms with E-state index in [4.69, 9.17) is 0 Å². The van der Waals surface area contributed by atoms with E-state index in [0.29, 0.717) is 5.56 Å². The van der Waals surface area contributed by atoms with Gasteiger partial charge in [0.15, 0.2) is 22.8 Å². The van der Waals surface area contributed by atoms with Gasteiger partial charge in [0, 0.05) is 4.92 Å². The number of carbonyl (C=O) groups excluding carboxylic acids is 2. The van der Waals surface area contributed by atoms with Crippen LogP contribution in [0.3, 0.4) is 0 Å². The average molecular weight is 339 g/mol. The summed E-state index contributed by atoms with van der Waals surface area (Å²) in [6, 6.07) is 2.96. The van der Waals surface area contributed by atoms with Crippen molar-refractivity contribution in [2.45, 2.75) is 49.9 Å². The van der Waals surface area contributed by atoms with Crippen LogP contribution in [-0.4, -0.2) is 43.9 Å². The fourth-order valence-corrected chi connectivity index (χ4v) is 3.43. The Morgan fingerprint density at radius 1 is 1.12 bits per heavy atom. The number of hydrogen-bond acceptors (Lipinski definition) is 6. The molecule has 1 saturated carbocycles. The van der Waals surface area contributed by atoms with Crippen LogP contribution in [0.25, 0.3) is 0 Å². The first-order chi connectivity index (χ1) is 11.0. The first kappa shape index (κ1) is 18.2. The fraction of sp³-hybridized carbons (Fsp3) is 0.500. The normalized spacial score (nSPS) is 33.0. The Balaban J connectivity index is 2.58. The fourth-order valence-electron chi connectivity index (χ4n) is 3.43. The van der Waals surface area contributed by atoms with Crippen LogP contribution < -0.4 is 0 Å². The Labute approximate surface area is 137 Å². The van der Waals surface area contributed by atoms with Crippen molar-refractivity contribution in [1.29, 1.82) is 0 Å². The molecule has 0 bridgehead atoms. The summed E-state index contributed by atoms with van der Waals surface area (Å²) in [4.78, 5) is 34.3. The Kier molecular flexibility index (Phi) is 4.56. The van der Waals surface area contributed by atoms with Crippen LogP contribution in [0.15, 0.2) is 24.3 Å². The van der Waals surface area contributed by atoms with Crippen molar-refractivity contribution in [2.24, 2.45) is 0 Å². The SMILES string of the molecule is CC(=O)[C@]1(O)CC(c2ccc(F)cc2)C[C@](O)(C(C)=O)C1[N+](=O)[O-]. The molecule has 0 radical (unpaired) electrons. The number of ketones is 2. The number of rotatable bonds is 4. The third kappa shape index (κ3) is 2.83. The van der Waals surface area contributed by atoms with E-state index >= 15 is 0 Å². The molecule has 2 N–H and O–H groups in total. The number of halogens is 1. The van der Waals surface area contributed by atoms with Crippen LogP contribution in [0.1, 0.15) is 38.2 Å². The highest BCUT2D eigenvalue weighted by Gasteiger charge is 2.67. The molecule has 0 aromatic heterocycles. The summed E-state index contributed by atoms with van der Waals surface area (Å²) >= 11 is 0. The van der Waals surface area contributed by atoms with Gasteiger partial charge in [-0.3, -0.25) is 19.7 Å². The van der Waals surface area contributed by atoms with Crippen molar-refractivity contribution in [1.82, 2.24) is 0 Å². The first-order valence-electron chi connectivity index (χ1n) is 7.38. The van der Waals surface area contributed by atoms with Crippen LogP contribution in [0.5, 0.6) is 0 Å². The van der Waals surface area contributed by atoms with Crippen molar-refractivity contribution in [3.63, 3.8) is 0 Å². The minimum Gasteiger partial charge on any atom is -0.376 e. The average Bonchev–Trinajstić information content (AvgIpc) is 2.46. The van der Waals surface area contributed by atoms with Gasteiger partial charge in [0.2, 0.25) is 0 Å². The molecular weight excluding hydrogens is 321 g/mol. The lowest BCUT2D eigenvalue weighted by molar-refractivity contribution is -0.564. The summed E-state index contributed by atoms with van der Waals surface area (Å²) in [5.41, 5.74) is -4.53. The maximum absolute atomic E-state index is 13.1. The molecule has 4 atom stereocenters. The summed E-state index contributed by atoms with van der Waals surface area (Å²) in [6.45, 7) is 1.95. The van der Waals surface area contributed by atoms with Crippen LogP contribution in [0.4, 0.5) is 4.39 Å². The molecule has 1 aliphatic rings. The molecule has 2 unspecified atom stereocenters. The molecule has 1 aromatic carbocycles. The Bertz CT molecular complexity index is 660. The monoisotopic (exact) mass is 339 g/mol. The van der Waals surface area contributed by atoms with Crippen molar-refractivity contribution in [2.75, 3.05) is 0 Å². The molecule has 8 heteroatoms. The maximum Gasteiger partial charge on any atom is 0.283 e. The van der Waals surface area contributed by atoms with Crippen LogP contribution in [0.2, 0.25) is 0 Å². The Hall–Kier alpha value is -2.19. The lowest BCUT2D eigenvalue weighted by Crippen LogP contribution is -2.69. The van der Waals surface area contributed by atoms with Gasteiger partial charge in [-0.25, -0.2) is 4.39 Å². The van der Waals surface area contributed by atoms with E-state index in [9.17, 15) is 34.3 Å². The summed E-state index contributed by atoms with van der Waals surface area (Å²) < 4.78 is 13.1. The summed E-state index contributed by atoms with van der Waals surface area (Å²) in [5.74, 6) is -3.03. The molecule has 0 aliphatic heterocycles. The van der Waals surface area contributed by atoms with Gasteiger partial charge in [-0.1, -0.05) is 12.1 Å². The summed E-state index contributed by atoms with van der Waals surface area (Å²) in [5, 5.41) is 32.8. The number of Topliss-reactive ketones (excluding diaryl/α,β-unsaturated/α-hetero) is 2. The third-order valence-corrected chi connectivity index (χ3v) is 4.79. The molecule has 1 aromatic rings. The predicted molar refractivity (Wildman–Crippen MR) is 80.4 cm³/mol. The second-order valence-corrected chi connectivity index (χ2v) is 6.31. The van der Waals surface area contributed by atoms with Crippen LogP contribution >= 0.6 is 0 Å². The zero-order valence-electron chi connectivity index (χ0n) is 13.2. The van der Waals surface area contributed by atoms with Gasteiger partial charge in [0.05, 0.1) is 0 Å². The molecule has 2 rings (SSSR count). The van der Waals surface area contributed by atoms with Crippen molar-refractivity contribution >= 4 is 11.6 Å². The van der Waals surface area contributed by atoms with Gasteiger partial charge in [0.25, 0.3) is 6.04 Å². The van der Waals surface area contributed by atoms with E-state index in [1.165, 1.54) is 12.1 Å². The van der Waals surface area contributed by atoms with Gasteiger partial charge in [-0.2, -0.15) is 0 Å². The highest BCUT2D eigenvalue weighted by atomic mass is 19.1. The van der Waals surface area contributed by atoms with Gasteiger partial charge in [-0.15, -0.1) is 0 Å². The van der Waals surface area contributed by atoms with Gasteiger partial charge in [0.1, 0.15) is 5.82 Å². The molecule has 1 aliphatic carbocycles. The number of carbonyl (C=O) groups is 2. The predicted octanol–water partition coefficient (Wildman–Crippen LogP) is 0.989. The van der Waals surface area contributed by atoms with Gasteiger partial charge < -0.3 is 10.2 Å². The number of aliphatic hydroxyl groups is 2. The van der Waals surface area contributed by atoms with E-state index in [2.05, 4.69) is 0 Å². The van der Waals surface area contributed by atoms with E-state index in [-0.39, 0.29) is 12.8 Å². The van der Waals surface area contributed by atoms with E-state index in [1.54, 1.807) is 0 Å². The highest BCUT2D eigenvalue weighted by molar-refractivity contribution is 5.91. The molecule has 130 valence electrons. The zero-order chi connectivity index (χ0) is 18.3. The standard InChI is InChI=1S/C16H18FNO6/c1-9(19)15(21)7-12(11-3-5-13(17)6-4-11)8-16(22,10(2)20)14(15)18(23)24/h3-6,12,14,21-22H,7-8H2,1-2H3/t12?,14?,15-,16+. The largest absolute Gasteiger partial charge is 0.376 e. The topological polar surface area (TPSA) is 118 Å². The molecular formula is C16H18FNO6. The molecule has 7 nitrogen and oxygen atoms in total. The Morgan fingerprint density at radius 3 is 1.88 bits per heavy atom. The Morgan fingerprint density at radius 2 is 1.54 bits per heavy atom. The number of benzene rings is 1. The smallest absolute Gasteiger partial charge is 0.283 e. The zero-order valence-corrected chi connectivity index (χ0v) is 13.2. The molecule has 1 fully saturated rings. The van der Waals surface area contributed by atoms with Gasteiger partial charge >= 0.3 is 0 Å². The van der Waals surface area contributed by atoms with Crippen LogP contribution in [0, 0.1) is 15.9 Å². The minimum atomic E-state index is -2.50. The molecule has 0 heterocycles. The highest BCUT2D eigenvalue weighted by Crippen LogP contribution is 2.46. The van der Waals surface area contributed by atoms with E-state index in [0.717, 1.165) is 26.0 Å². The summed E-state index contributed by atoms with van der Waals surface area (Å²) in [6.07, 6.45) is -0.676. The molecule has 0 amide bonds. The first-order valence-corrected chi connectivity index (χ1v) is 7.38. The van der Waals surface area contributed by atoms with E-state index < -0.39 is 45.5 Å². The van der Waals surface area contributed by atoms with Crippen molar-refractivity contribution < 1.29 is 29.1 Å². The number of nitro groups is 1. The number of nitrogens with zero attached hydrogens (tertiary/aromatic N) is 1. The van der Waals surface area contributed by atoms with Crippen LogP contribution in [-0.2, 0) is 9.59 Å². The second-order valence-electron chi connectivity index (χ2n) is 6.31. The summed E-state index contributed by atoms with van der Waals surface area (Å²) in [7, 11) is 0. The number of hydrogen-bond donors (Lipinski definition) is 2. The third-order valence-electron chi connectivity index (χ3n) is 4.79. The second kappa shape index (κ2) is 6.03. The van der Waals surface area contributed by atoms with Crippen molar-refractivity contribution in [3.05, 3.63) is 45.8 Å². The minimum absolute atomic E-state index is 0.338. The molecule has 24 heavy (non-hydrogen) atoms. The van der Waals surface area contributed by atoms with E-state index in [1.807, 2.05) is 0 Å². The molecule has 0 saturated heterocycles. The molecule has 0 spiro atoms. The lowest BCUT2D eigenvalue weighted by Gasteiger charge is -2.45. The quantitative estimate of drug-likeness (QED) is 0.624. The van der Waals surface area contributed by atoms with Gasteiger partial charge in [-0.05, 0) is 50.3 Å². The van der Waals surface area contributed by atoms with Crippen molar-refractivity contribution in [3.8, 4) is 0 Å². The lowest BCUT2D eigenvalue weighted by atomic mass is 9.62. The maximum atomic E-state index is 13.1.